The molecule has 2 rings (SSSR count). The molecular formula is C15H13Cl2N3O4S. The lowest BCUT2D eigenvalue weighted by atomic mass is 10.3. The molecule has 0 spiro atoms. The maximum Gasteiger partial charge on any atom is 0.358 e. The SMILES string of the molecule is CC(=O)Nc1nc(C(=O)OC(C)C(=O)Nc2ccc(Cl)cc2Cl)cs1. The van der Waals surface area contributed by atoms with E-state index in [4.69, 9.17) is 27.9 Å². The Hall–Kier alpha value is -2.16. The molecule has 0 fully saturated rings. The van der Waals surface area contributed by atoms with Crippen molar-refractivity contribution in [2.45, 2.75) is 20.0 Å². The van der Waals surface area contributed by atoms with Crippen LogP contribution in [0.5, 0.6) is 0 Å². The fourth-order valence-corrected chi connectivity index (χ4v) is 2.86. The predicted octanol–water partition coefficient (Wildman–Crippen LogP) is 3.59. The van der Waals surface area contributed by atoms with Gasteiger partial charge in [-0.05, 0) is 25.1 Å². The first kappa shape index (κ1) is 19.2. The number of anilines is 2. The molecule has 1 heterocycles. The number of aromatic nitrogens is 1. The lowest BCUT2D eigenvalue weighted by molar-refractivity contribution is -0.123. The average Bonchev–Trinajstić information content (AvgIpc) is 2.97. The molecule has 0 saturated heterocycles. The number of rotatable bonds is 5. The van der Waals surface area contributed by atoms with Crippen LogP contribution in [0, 0.1) is 0 Å². The minimum absolute atomic E-state index is 0.00192. The van der Waals surface area contributed by atoms with Crippen molar-refractivity contribution in [2.75, 3.05) is 10.6 Å². The van der Waals surface area contributed by atoms with Crippen LogP contribution in [-0.4, -0.2) is 28.9 Å². The van der Waals surface area contributed by atoms with Gasteiger partial charge in [0.25, 0.3) is 5.91 Å². The van der Waals surface area contributed by atoms with Gasteiger partial charge in [0, 0.05) is 17.3 Å². The molecule has 2 N–H and O–H groups in total. The fraction of sp³-hybridized carbons (Fsp3) is 0.200. The first-order valence-corrected chi connectivity index (χ1v) is 8.60. The molecule has 1 aromatic heterocycles. The van der Waals surface area contributed by atoms with Crippen molar-refractivity contribution < 1.29 is 19.1 Å². The molecule has 2 aromatic rings. The third-order valence-corrected chi connectivity index (χ3v) is 4.14. The normalized spacial score (nSPS) is 11.5. The van der Waals surface area contributed by atoms with Crippen LogP contribution < -0.4 is 10.6 Å². The Morgan fingerprint density at radius 3 is 2.60 bits per heavy atom. The number of halogens is 2. The summed E-state index contributed by atoms with van der Waals surface area (Å²) in [6.07, 6.45) is -1.08. The number of esters is 1. The Labute approximate surface area is 157 Å². The third kappa shape index (κ3) is 5.42. The molecule has 0 aliphatic heterocycles. The number of carbonyl (C=O) groups excluding carboxylic acids is 3. The topological polar surface area (TPSA) is 97.4 Å². The van der Waals surface area contributed by atoms with E-state index in [1.165, 1.54) is 31.4 Å². The summed E-state index contributed by atoms with van der Waals surface area (Å²) in [5.74, 6) is -1.64. The average molecular weight is 402 g/mol. The molecular weight excluding hydrogens is 389 g/mol. The van der Waals surface area contributed by atoms with Crippen molar-refractivity contribution in [1.82, 2.24) is 4.98 Å². The van der Waals surface area contributed by atoms with Crippen molar-refractivity contribution in [2.24, 2.45) is 0 Å². The van der Waals surface area contributed by atoms with Crippen LogP contribution in [0.25, 0.3) is 0 Å². The van der Waals surface area contributed by atoms with E-state index < -0.39 is 18.0 Å². The van der Waals surface area contributed by atoms with Gasteiger partial charge in [-0.25, -0.2) is 9.78 Å². The molecule has 132 valence electrons. The van der Waals surface area contributed by atoms with Gasteiger partial charge in [-0.2, -0.15) is 0 Å². The largest absolute Gasteiger partial charge is 0.448 e. The molecule has 25 heavy (non-hydrogen) atoms. The molecule has 0 bridgehead atoms. The molecule has 2 amide bonds. The van der Waals surface area contributed by atoms with E-state index in [1.807, 2.05) is 0 Å². The number of nitrogens with zero attached hydrogens (tertiary/aromatic N) is 1. The predicted molar refractivity (Wildman–Crippen MR) is 96.4 cm³/mol. The number of carbonyl (C=O) groups is 3. The van der Waals surface area contributed by atoms with Crippen molar-refractivity contribution >= 4 is 63.1 Å². The standard InChI is InChI=1S/C15H13Cl2N3O4S/c1-7(13(22)19-11-4-3-9(16)5-10(11)17)24-14(23)12-6-25-15(20-12)18-8(2)21/h3-7H,1-2H3,(H,19,22)(H,18,20,21). The number of amides is 2. The Morgan fingerprint density at radius 1 is 1.24 bits per heavy atom. The maximum absolute atomic E-state index is 12.1. The summed E-state index contributed by atoms with van der Waals surface area (Å²) in [4.78, 5) is 39.0. The van der Waals surface area contributed by atoms with E-state index >= 15 is 0 Å². The summed E-state index contributed by atoms with van der Waals surface area (Å²) >= 11 is 12.8. The van der Waals surface area contributed by atoms with Gasteiger partial charge in [0.15, 0.2) is 16.9 Å². The van der Waals surface area contributed by atoms with Crippen molar-refractivity contribution in [3.63, 3.8) is 0 Å². The van der Waals surface area contributed by atoms with Crippen molar-refractivity contribution in [3.05, 3.63) is 39.3 Å². The lowest BCUT2D eigenvalue weighted by Gasteiger charge is -2.13. The number of hydrogen-bond donors (Lipinski definition) is 2. The molecule has 10 heteroatoms. The fourth-order valence-electron chi connectivity index (χ4n) is 1.68. The second-order valence-corrected chi connectivity index (χ2v) is 6.58. The second kappa shape index (κ2) is 8.28. The van der Waals surface area contributed by atoms with E-state index in [1.54, 1.807) is 6.07 Å². The molecule has 7 nitrogen and oxygen atoms in total. The smallest absolute Gasteiger partial charge is 0.358 e. The number of nitrogens with one attached hydrogen (secondary N) is 2. The van der Waals surface area contributed by atoms with Gasteiger partial charge >= 0.3 is 5.97 Å². The first-order valence-electron chi connectivity index (χ1n) is 6.96. The number of hydrogen-bond acceptors (Lipinski definition) is 6. The molecule has 0 saturated carbocycles. The minimum Gasteiger partial charge on any atom is -0.448 e. The third-order valence-electron chi connectivity index (χ3n) is 2.84. The van der Waals surface area contributed by atoms with Crippen LogP contribution in [0.15, 0.2) is 23.6 Å². The summed E-state index contributed by atoms with van der Waals surface area (Å²) in [7, 11) is 0. The molecule has 1 aromatic carbocycles. The Kier molecular flexibility index (Phi) is 6.35. The number of ether oxygens (including phenoxy) is 1. The van der Waals surface area contributed by atoms with Crippen LogP contribution in [-0.2, 0) is 14.3 Å². The zero-order valence-corrected chi connectivity index (χ0v) is 15.5. The highest BCUT2D eigenvalue weighted by Gasteiger charge is 2.21. The number of benzene rings is 1. The van der Waals surface area contributed by atoms with Crippen molar-refractivity contribution in [1.29, 1.82) is 0 Å². The monoisotopic (exact) mass is 401 g/mol. The van der Waals surface area contributed by atoms with E-state index in [0.29, 0.717) is 10.7 Å². The quantitative estimate of drug-likeness (QED) is 0.745. The van der Waals surface area contributed by atoms with E-state index in [-0.39, 0.29) is 21.8 Å². The van der Waals surface area contributed by atoms with Gasteiger partial charge in [0.1, 0.15) is 0 Å². The molecule has 1 atom stereocenters. The summed E-state index contributed by atoms with van der Waals surface area (Å²) in [5.41, 5.74) is 0.346. The Morgan fingerprint density at radius 2 is 1.96 bits per heavy atom. The molecule has 0 aliphatic rings. The van der Waals surface area contributed by atoms with Crippen LogP contribution in [0.4, 0.5) is 10.8 Å². The Balaban J connectivity index is 1.97. The van der Waals surface area contributed by atoms with Crippen LogP contribution in [0.1, 0.15) is 24.3 Å². The molecule has 0 radical (unpaired) electrons. The van der Waals surface area contributed by atoms with E-state index in [9.17, 15) is 14.4 Å². The molecule has 1 unspecified atom stereocenters. The van der Waals surface area contributed by atoms with Gasteiger partial charge in [-0.3, -0.25) is 9.59 Å². The van der Waals surface area contributed by atoms with Gasteiger partial charge in [0.05, 0.1) is 10.7 Å². The van der Waals surface area contributed by atoms with Crippen LogP contribution >= 0.6 is 34.5 Å². The van der Waals surface area contributed by atoms with E-state index in [0.717, 1.165) is 11.3 Å². The lowest BCUT2D eigenvalue weighted by Crippen LogP contribution is -2.30. The van der Waals surface area contributed by atoms with Gasteiger partial charge in [-0.15, -0.1) is 11.3 Å². The van der Waals surface area contributed by atoms with Crippen LogP contribution in [0.3, 0.4) is 0 Å². The summed E-state index contributed by atoms with van der Waals surface area (Å²) in [6.45, 7) is 2.74. The highest BCUT2D eigenvalue weighted by molar-refractivity contribution is 7.14. The highest BCUT2D eigenvalue weighted by atomic mass is 35.5. The first-order chi connectivity index (χ1) is 11.8. The van der Waals surface area contributed by atoms with Crippen LogP contribution in [0.2, 0.25) is 10.0 Å². The van der Waals surface area contributed by atoms with Crippen molar-refractivity contribution in [3.8, 4) is 0 Å². The summed E-state index contributed by atoms with van der Waals surface area (Å²) in [5, 5.41) is 7.39. The second-order valence-electron chi connectivity index (χ2n) is 4.88. The highest BCUT2D eigenvalue weighted by Crippen LogP contribution is 2.25. The number of thiazole rings is 1. The molecule has 0 aliphatic carbocycles. The summed E-state index contributed by atoms with van der Waals surface area (Å²) < 4.78 is 5.06. The zero-order chi connectivity index (χ0) is 18.6. The van der Waals surface area contributed by atoms with Gasteiger partial charge < -0.3 is 15.4 Å². The Bertz CT molecular complexity index is 825. The zero-order valence-electron chi connectivity index (χ0n) is 13.1. The minimum atomic E-state index is -1.08. The summed E-state index contributed by atoms with van der Waals surface area (Å²) in [6, 6.07) is 4.59. The van der Waals surface area contributed by atoms with Gasteiger partial charge in [-0.1, -0.05) is 23.2 Å². The van der Waals surface area contributed by atoms with Gasteiger partial charge in [0.2, 0.25) is 5.91 Å². The van der Waals surface area contributed by atoms with E-state index in [2.05, 4.69) is 15.6 Å². The maximum atomic E-state index is 12.1.